The van der Waals surface area contributed by atoms with Gasteiger partial charge >= 0.3 is 0 Å². The third-order valence-electron chi connectivity index (χ3n) is 2.69. The molecule has 1 atom stereocenters. The van der Waals surface area contributed by atoms with Crippen molar-refractivity contribution in [2.75, 3.05) is 19.3 Å². The minimum atomic E-state index is -3.54. The monoisotopic (exact) mass is 384 g/mol. The number of sulfonamides is 1. The zero-order valence-corrected chi connectivity index (χ0v) is 15.1. The molecule has 0 amide bonds. The largest absolute Gasteiger partial charge is 0.452 e. The number of furan rings is 1. The van der Waals surface area contributed by atoms with Gasteiger partial charge in [0.15, 0.2) is 4.67 Å². The van der Waals surface area contributed by atoms with Gasteiger partial charge in [0.2, 0.25) is 10.0 Å². The summed E-state index contributed by atoms with van der Waals surface area (Å²) in [5.74, 6) is 0.601. The minimum Gasteiger partial charge on any atom is -0.452 e. The summed E-state index contributed by atoms with van der Waals surface area (Å²) in [7, 11) is -3.54. The van der Waals surface area contributed by atoms with Crippen LogP contribution in [0.5, 0.6) is 0 Å². The third-order valence-corrected chi connectivity index (χ3v) is 5.94. The Kier molecular flexibility index (Phi) is 7.60. The summed E-state index contributed by atoms with van der Waals surface area (Å²) in [5.41, 5.74) is 0. The maximum Gasteiger partial charge on any atom is 0.245 e. The van der Waals surface area contributed by atoms with E-state index in [4.69, 9.17) is 4.42 Å². The lowest BCUT2D eigenvalue weighted by Crippen LogP contribution is -2.29. The average Bonchev–Trinajstić information content (AvgIpc) is 2.78. The maximum atomic E-state index is 12.2. The van der Waals surface area contributed by atoms with Gasteiger partial charge in [0.25, 0.3) is 0 Å². The SMILES string of the molecule is CCCNCc1cc(S(=O)(=O)NCC(C)SC)c(Br)o1. The quantitative estimate of drug-likeness (QED) is 0.640. The van der Waals surface area contributed by atoms with Crippen molar-refractivity contribution in [2.24, 2.45) is 0 Å². The number of halogens is 1. The number of hydrogen-bond donors (Lipinski definition) is 2. The van der Waals surface area contributed by atoms with E-state index < -0.39 is 10.0 Å². The Morgan fingerprint density at radius 3 is 2.80 bits per heavy atom. The first-order chi connectivity index (χ1) is 9.40. The number of thioether (sulfide) groups is 1. The molecule has 2 N–H and O–H groups in total. The Balaban J connectivity index is 2.74. The number of rotatable bonds is 9. The summed E-state index contributed by atoms with van der Waals surface area (Å²) >= 11 is 4.78. The van der Waals surface area contributed by atoms with E-state index in [0.717, 1.165) is 13.0 Å². The van der Waals surface area contributed by atoms with Gasteiger partial charge < -0.3 is 9.73 Å². The molecule has 8 heteroatoms. The molecule has 0 aromatic carbocycles. The molecule has 1 aromatic rings. The first-order valence-corrected chi connectivity index (χ1v) is 9.98. The van der Waals surface area contributed by atoms with E-state index in [1.807, 2.05) is 13.2 Å². The van der Waals surface area contributed by atoms with Gasteiger partial charge in [-0.3, -0.25) is 0 Å². The molecule has 0 aliphatic carbocycles. The first kappa shape index (κ1) is 18.0. The van der Waals surface area contributed by atoms with Crippen LogP contribution in [0.2, 0.25) is 0 Å². The van der Waals surface area contributed by atoms with Crippen LogP contribution in [0.1, 0.15) is 26.0 Å². The molecule has 0 fully saturated rings. The number of hydrogen-bond acceptors (Lipinski definition) is 5. The highest BCUT2D eigenvalue weighted by Crippen LogP contribution is 2.26. The van der Waals surface area contributed by atoms with Gasteiger partial charge in [0, 0.05) is 17.9 Å². The zero-order chi connectivity index (χ0) is 15.2. The van der Waals surface area contributed by atoms with Crippen LogP contribution in [-0.2, 0) is 16.6 Å². The van der Waals surface area contributed by atoms with Crippen LogP contribution < -0.4 is 10.0 Å². The zero-order valence-electron chi connectivity index (χ0n) is 11.9. The fourth-order valence-electron chi connectivity index (χ4n) is 1.44. The van der Waals surface area contributed by atoms with Gasteiger partial charge in [-0.1, -0.05) is 13.8 Å². The van der Waals surface area contributed by atoms with E-state index in [-0.39, 0.29) is 14.8 Å². The van der Waals surface area contributed by atoms with Gasteiger partial charge in [-0.2, -0.15) is 11.8 Å². The van der Waals surface area contributed by atoms with E-state index in [1.54, 1.807) is 17.8 Å². The third kappa shape index (κ3) is 5.40. The molecule has 0 aliphatic rings. The second kappa shape index (κ2) is 8.43. The minimum absolute atomic E-state index is 0.152. The van der Waals surface area contributed by atoms with Crippen molar-refractivity contribution in [1.29, 1.82) is 0 Å². The van der Waals surface area contributed by atoms with Crippen LogP contribution in [0.15, 0.2) is 20.0 Å². The predicted molar refractivity (Wildman–Crippen MR) is 86.6 cm³/mol. The van der Waals surface area contributed by atoms with Crippen LogP contribution in [0.3, 0.4) is 0 Å². The van der Waals surface area contributed by atoms with Crippen LogP contribution >= 0.6 is 27.7 Å². The molecule has 0 saturated heterocycles. The Bertz CT molecular complexity index is 517. The average molecular weight is 385 g/mol. The summed E-state index contributed by atoms with van der Waals surface area (Å²) in [4.78, 5) is 0.152. The predicted octanol–water partition coefficient (Wildman–Crippen LogP) is 2.57. The van der Waals surface area contributed by atoms with Gasteiger partial charge in [0.1, 0.15) is 10.7 Å². The fourth-order valence-corrected chi connectivity index (χ4v) is 3.93. The molecule has 5 nitrogen and oxygen atoms in total. The van der Waals surface area contributed by atoms with Crippen molar-refractivity contribution >= 4 is 37.7 Å². The van der Waals surface area contributed by atoms with Crippen molar-refractivity contribution in [3.05, 3.63) is 16.5 Å². The fraction of sp³-hybridized carbons (Fsp3) is 0.667. The Morgan fingerprint density at radius 1 is 1.50 bits per heavy atom. The van der Waals surface area contributed by atoms with E-state index >= 15 is 0 Å². The molecule has 0 aliphatic heterocycles. The van der Waals surface area contributed by atoms with Crippen LogP contribution in [-0.4, -0.2) is 33.0 Å². The van der Waals surface area contributed by atoms with Crippen molar-refractivity contribution in [2.45, 2.75) is 37.0 Å². The van der Waals surface area contributed by atoms with Crippen molar-refractivity contribution in [3.8, 4) is 0 Å². The highest BCUT2D eigenvalue weighted by molar-refractivity contribution is 9.10. The Hall–Kier alpha value is -0.0200. The van der Waals surface area contributed by atoms with Crippen LogP contribution in [0.4, 0.5) is 0 Å². The van der Waals surface area contributed by atoms with Crippen LogP contribution in [0.25, 0.3) is 0 Å². The molecule has 116 valence electrons. The summed E-state index contributed by atoms with van der Waals surface area (Å²) in [5, 5.41) is 3.39. The summed E-state index contributed by atoms with van der Waals surface area (Å²) in [6.07, 6.45) is 2.96. The number of nitrogens with one attached hydrogen (secondary N) is 2. The highest BCUT2D eigenvalue weighted by Gasteiger charge is 2.22. The van der Waals surface area contributed by atoms with Crippen molar-refractivity contribution in [1.82, 2.24) is 10.0 Å². The second-order valence-corrected chi connectivity index (χ2v) is 8.16. The molecule has 0 spiro atoms. The maximum absolute atomic E-state index is 12.2. The summed E-state index contributed by atoms with van der Waals surface area (Å²) < 4.78 is 32.6. The van der Waals surface area contributed by atoms with E-state index in [9.17, 15) is 8.42 Å². The lowest BCUT2D eigenvalue weighted by molar-refractivity contribution is 0.461. The molecule has 1 aromatic heterocycles. The molecular weight excluding hydrogens is 364 g/mol. The lowest BCUT2D eigenvalue weighted by atomic mass is 10.4. The van der Waals surface area contributed by atoms with Crippen molar-refractivity contribution in [3.63, 3.8) is 0 Å². The molecule has 20 heavy (non-hydrogen) atoms. The van der Waals surface area contributed by atoms with Crippen LogP contribution in [0, 0.1) is 0 Å². The molecule has 0 saturated carbocycles. The molecule has 1 rings (SSSR count). The molecule has 1 heterocycles. The van der Waals surface area contributed by atoms with E-state index in [2.05, 4.69) is 32.9 Å². The lowest BCUT2D eigenvalue weighted by Gasteiger charge is -2.09. The molecule has 0 bridgehead atoms. The molecule has 1 unspecified atom stereocenters. The molecular formula is C12H21BrN2O3S2. The molecule has 0 radical (unpaired) electrons. The summed E-state index contributed by atoms with van der Waals surface area (Å²) in [6.45, 7) is 5.81. The normalized spacial score (nSPS) is 13.6. The van der Waals surface area contributed by atoms with Gasteiger partial charge in [-0.25, -0.2) is 13.1 Å². The first-order valence-electron chi connectivity index (χ1n) is 6.42. The van der Waals surface area contributed by atoms with Gasteiger partial charge in [-0.15, -0.1) is 0 Å². The second-order valence-electron chi connectivity index (χ2n) is 4.43. The van der Waals surface area contributed by atoms with Gasteiger partial charge in [-0.05, 0) is 35.2 Å². The Morgan fingerprint density at radius 2 is 2.20 bits per heavy atom. The van der Waals surface area contributed by atoms with Crippen molar-refractivity contribution < 1.29 is 12.8 Å². The standard InChI is InChI=1S/C12H21BrN2O3S2/c1-4-5-14-8-10-6-11(12(13)18-10)20(16,17)15-7-9(2)19-3/h6,9,14-15H,4-5,7-8H2,1-3H3. The Labute approximate surface area is 133 Å². The topological polar surface area (TPSA) is 71.3 Å². The smallest absolute Gasteiger partial charge is 0.245 e. The van der Waals surface area contributed by atoms with E-state index in [1.165, 1.54) is 0 Å². The van der Waals surface area contributed by atoms with E-state index in [0.29, 0.717) is 18.8 Å². The van der Waals surface area contributed by atoms with Gasteiger partial charge in [0.05, 0.1) is 6.54 Å². The highest BCUT2D eigenvalue weighted by atomic mass is 79.9. The summed E-state index contributed by atoms with van der Waals surface area (Å²) in [6, 6.07) is 1.55.